The molecule has 3 heteroatoms. The summed E-state index contributed by atoms with van der Waals surface area (Å²) < 4.78 is 0. The molecular formula is C14H19NO2. The smallest absolute Gasteiger partial charge is 0.251 e. The largest absolute Gasteiger partial charge is 0.508 e. The van der Waals surface area contributed by atoms with E-state index in [-0.39, 0.29) is 11.7 Å². The van der Waals surface area contributed by atoms with E-state index in [0.29, 0.717) is 11.5 Å². The third kappa shape index (κ3) is 2.99. The van der Waals surface area contributed by atoms with Crippen molar-refractivity contribution in [2.75, 3.05) is 6.54 Å². The van der Waals surface area contributed by atoms with Gasteiger partial charge < -0.3 is 10.4 Å². The number of carbonyl (C=O) groups excluding carboxylic acids is 1. The molecular weight excluding hydrogens is 214 g/mol. The van der Waals surface area contributed by atoms with Crippen LogP contribution in [0.25, 0.3) is 0 Å². The number of hydrogen-bond donors (Lipinski definition) is 2. The van der Waals surface area contributed by atoms with Gasteiger partial charge in [0.05, 0.1) is 0 Å². The zero-order valence-electron chi connectivity index (χ0n) is 10.4. The van der Waals surface area contributed by atoms with E-state index in [0.717, 1.165) is 18.0 Å². The van der Waals surface area contributed by atoms with Crippen molar-refractivity contribution >= 4 is 5.91 Å². The molecule has 0 aliphatic heterocycles. The van der Waals surface area contributed by atoms with E-state index >= 15 is 0 Å². The first-order valence-electron chi connectivity index (χ1n) is 6.15. The number of phenols is 1. The van der Waals surface area contributed by atoms with Gasteiger partial charge in [0.15, 0.2) is 0 Å². The summed E-state index contributed by atoms with van der Waals surface area (Å²) in [6.45, 7) is 4.70. The van der Waals surface area contributed by atoms with Crippen LogP contribution < -0.4 is 5.32 Å². The summed E-state index contributed by atoms with van der Waals surface area (Å²) >= 11 is 0. The number of carbonyl (C=O) groups is 1. The van der Waals surface area contributed by atoms with Gasteiger partial charge in [0, 0.05) is 12.1 Å². The van der Waals surface area contributed by atoms with Crippen molar-refractivity contribution in [1.82, 2.24) is 5.32 Å². The van der Waals surface area contributed by atoms with Gasteiger partial charge in [0.1, 0.15) is 5.75 Å². The first-order chi connectivity index (χ1) is 8.08. The summed E-state index contributed by atoms with van der Waals surface area (Å²) in [5.41, 5.74) is 1.31. The molecule has 92 valence electrons. The van der Waals surface area contributed by atoms with Gasteiger partial charge in [0.25, 0.3) is 5.91 Å². The van der Waals surface area contributed by atoms with Crippen molar-refractivity contribution in [2.45, 2.75) is 26.7 Å². The number of aryl methyl sites for hydroxylation is 1. The maximum atomic E-state index is 11.8. The molecule has 0 spiro atoms. The second-order valence-corrected chi connectivity index (χ2v) is 5.03. The third-order valence-electron chi connectivity index (χ3n) is 3.48. The molecule has 1 saturated carbocycles. The number of phenolic OH excluding ortho intramolecular Hbond substituents is 1. The summed E-state index contributed by atoms with van der Waals surface area (Å²) in [7, 11) is 0. The van der Waals surface area contributed by atoms with Crippen molar-refractivity contribution in [3.05, 3.63) is 29.3 Å². The van der Waals surface area contributed by atoms with Crippen molar-refractivity contribution in [1.29, 1.82) is 0 Å². The Balaban J connectivity index is 1.92. The number of aromatic hydroxyl groups is 1. The van der Waals surface area contributed by atoms with Crippen molar-refractivity contribution < 1.29 is 9.90 Å². The zero-order chi connectivity index (χ0) is 12.4. The standard InChI is InChI=1S/C14H19NO2/c1-9-3-4-12(7-13(9)16)14(17)15-8-10(2)11-5-6-11/h3-4,7,10-11,16H,5-6,8H2,1-2H3,(H,15,17). The Kier molecular flexibility index (Phi) is 3.36. The molecule has 1 amide bonds. The normalized spacial score (nSPS) is 16.6. The molecule has 1 atom stereocenters. The van der Waals surface area contributed by atoms with Crippen LogP contribution >= 0.6 is 0 Å². The van der Waals surface area contributed by atoms with Crippen molar-refractivity contribution in [2.24, 2.45) is 11.8 Å². The van der Waals surface area contributed by atoms with Crippen LogP contribution in [0.15, 0.2) is 18.2 Å². The maximum absolute atomic E-state index is 11.8. The number of amides is 1. The Morgan fingerprint density at radius 3 is 2.82 bits per heavy atom. The summed E-state index contributed by atoms with van der Waals surface area (Å²) in [4.78, 5) is 11.8. The molecule has 0 heterocycles. The second kappa shape index (κ2) is 4.78. The highest BCUT2D eigenvalue weighted by molar-refractivity contribution is 5.94. The van der Waals surface area contributed by atoms with Crippen molar-refractivity contribution in [3.8, 4) is 5.75 Å². The monoisotopic (exact) mass is 233 g/mol. The van der Waals surface area contributed by atoms with Crippen LogP contribution in [-0.2, 0) is 0 Å². The minimum Gasteiger partial charge on any atom is -0.508 e. The lowest BCUT2D eigenvalue weighted by molar-refractivity contribution is 0.0946. The maximum Gasteiger partial charge on any atom is 0.251 e. The molecule has 1 aliphatic rings. The molecule has 3 nitrogen and oxygen atoms in total. The minimum atomic E-state index is -0.104. The summed E-state index contributed by atoms with van der Waals surface area (Å²) in [5.74, 6) is 1.42. The van der Waals surface area contributed by atoms with E-state index in [1.54, 1.807) is 12.1 Å². The van der Waals surface area contributed by atoms with Crippen LogP contribution in [0.1, 0.15) is 35.7 Å². The minimum absolute atomic E-state index is 0.104. The topological polar surface area (TPSA) is 49.3 Å². The van der Waals surface area contributed by atoms with Gasteiger partial charge in [-0.25, -0.2) is 0 Å². The highest BCUT2D eigenvalue weighted by atomic mass is 16.3. The van der Waals surface area contributed by atoms with Crippen LogP contribution in [0.2, 0.25) is 0 Å². The van der Waals surface area contributed by atoms with Gasteiger partial charge in [-0.2, -0.15) is 0 Å². The van der Waals surface area contributed by atoms with E-state index < -0.39 is 0 Å². The fraction of sp³-hybridized carbons (Fsp3) is 0.500. The summed E-state index contributed by atoms with van der Waals surface area (Å²) in [6, 6.07) is 5.02. The van der Waals surface area contributed by atoms with E-state index in [4.69, 9.17) is 0 Å². The summed E-state index contributed by atoms with van der Waals surface area (Å²) in [5, 5.41) is 12.5. The van der Waals surface area contributed by atoms with Gasteiger partial charge >= 0.3 is 0 Å². The second-order valence-electron chi connectivity index (χ2n) is 5.03. The molecule has 0 bridgehead atoms. The lowest BCUT2D eigenvalue weighted by Gasteiger charge is -2.11. The predicted molar refractivity (Wildman–Crippen MR) is 67.1 cm³/mol. The number of rotatable bonds is 4. The number of benzene rings is 1. The van der Waals surface area contributed by atoms with Gasteiger partial charge in [-0.15, -0.1) is 0 Å². The molecule has 1 aliphatic carbocycles. The summed E-state index contributed by atoms with van der Waals surface area (Å²) in [6.07, 6.45) is 2.59. The fourth-order valence-electron chi connectivity index (χ4n) is 1.94. The van der Waals surface area contributed by atoms with Gasteiger partial charge in [-0.05, 0) is 49.3 Å². The highest BCUT2D eigenvalue weighted by Crippen LogP contribution is 2.36. The SMILES string of the molecule is Cc1ccc(C(=O)NCC(C)C2CC2)cc1O. The molecule has 0 radical (unpaired) electrons. The van der Waals surface area contributed by atoms with Crippen molar-refractivity contribution in [3.63, 3.8) is 0 Å². The van der Waals surface area contributed by atoms with E-state index in [1.165, 1.54) is 18.9 Å². The first kappa shape index (κ1) is 12.0. The molecule has 1 unspecified atom stereocenters. The molecule has 1 aromatic carbocycles. The quantitative estimate of drug-likeness (QED) is 0.839. The molecule has 1 aromatic rings. The highest BCUT2D eigenvalue weighted by Gasteiger charge is 2.27. The van der Waals surface area contributed by atoms with E-state index in [9.17, 15) is 9.90 Å². The Morgan fingerprint density at radius 1 is 1.53 bits per heavy atom. The Hall–Kier alpha value is -1.51. The number of hydrogen-bond acceptors (Lipinski definition) is 2. The Labute approximate surface area is 102 Å². The zero-order valence-corrected chi connectivity index (χ0v) is 10.4. The van der Waals surface area contributed by atoms with Gasteiger partial charge in [-0.3, -0.25) is 4.79 Å². The Morgan fingerprint density at radius 2 is 2.24 bits per heavy atom. The molecule has 17 heavy (non-hydrogen) atoms. The fourth-order valence-corrected chi connectivity index (χ4v) is 1.94. The van der Waals surface area contributed by atoms with Crippen LogP contribution in [0, 0.1) is 18.8 Å². The first-order valence-corrected chi connectivity index (χ1v) is 6.15. The lowest BCUT2D eigenvalue weighted by atomic mass is 10.1. The molecule has 0 aromatic heterocycles. The van der Waals surface area contributed by atoms with Gasteiger partial charge in [-0.1, -0.05) is 13.0 Å². The van der Waals surface area contributed by atoms with Crippen LogP contribution in [0.4, 0.5) is 0 Å². The van der Waals surface area contributed by atoms with E-state index in [1.807, 2.05) is 6.92 Å². The molecule has 1 fully saturated rings. The third-order valence-corrected chi connectivity index (χ3v) is 3.48. The molecule has 0 saturated heterocycles. The van der Waals surface area contributed by atoms with E-state index in [2.05, 4.69) is 12.2 Å². The molecule has 2 N–H and O–H groups in total. The van der Waals surface area contributed by atoms with Crippen LogP contribution in [-0.4, -0.2) is 17.6 Å². The number of nitrogens with one attached hydrogen (secondary N) is 1. The average Bonchev–Trinajstić information content (AvgIpc) is 3.13. The van der Waals surface area contributed by atoms with Crippen LogP contribution in [0.5, 0.6) is 5.75 Å². The average molecular weight is 233 g/mol. The predicted octanol–water partition coefficient (Wildman–Crippen LogP) is 2.48. The lowest BCUT2D eigenvalue weighted by Crippen LogP contribution is -2.28. The molecule has 2 rings (SSSR count). The Bertz CT molecular complexity index is 424. The van der Waals surface area contributed by atoms with Gasteiger partial charge in [0.2, 0.25) is 0 Å². The van der Waals surface area contributed by atoms with Crippen LogP contribution in [0.3, 0.4) is 0 Å².